The highest BCUT2D eigenvalue weighted by molar-refractivity contribution is 5.80. The Balaban J connectivity index is 1.91. The summed E-state index contributed by atoms with van der Waals surface area (Å²) in [6, 6.07) is 1.24. The predicted molar refractivity (Wildman–Crippen MR) is 73.8 cm³/mol. The summed E-state index contributed by atoms with van der Waals surface area (Å²) >= 11 is 0. The maximum Gasteiger partial charge on any atom is 0.337 e. The van der Waals surface area contributed by atoms with Crippen LogP contribution in [0.15, 0.2) is 6.07 Å². The molecule has 1 fully saturated rings. The van der Waals surface area contributed by atoms with E-state index in [9.17, 15) is 14.3 Å². The molecule has 8 heteroatoms. The molecule has 2 atom stereocenters. The molecule has 0 radical (unpaired) electrons. The molecule has 0 amide bonds. The van der Waals surface area contributed by atoms with Crippen LogP contribution in [-0.2, 0) is 11.2 Å². The Morgan fingerprint density at radius 2 is 2.38 bits per heavy atom. The number of aromatic nitrogens is 1. The molecule has 2 aliphatic heterocycles. The van der Waals surface area contributed by atoms with Crippen molar-refractivity contribution in [3.05, 3.63) is 17.4 Å². The molecule has 7 nitrogen and oxygen atoms in total. The molecule has 1 aromatic heterocycles. The van der Waals surface area contributed by atoms with Crippen molar-refractivity contribution in [2.24, 2.45) is 5.73 Å². The average molecular weight is 296 g/mol. The van der Waals surface area contributed by atoms with E-state index in [1.54, 1.807) is 4.90 Å². The van der Waals surface area contributed by atoms with Crippen LogP contribution in [0.1, 0.15) is 12.0 Å². The van der Waals surface area contributed by atoms with E-state index < -0.39 is 17.4 Å². The summed E-state index contributed by atoms with van der Waals surface area (Å²) in [4.78, 5) is 17.1. The Hall–Kier alpha value is -1.93. The number of hydrogen-bond acceptors (Lipinski definition) is 6. The van der Waals surface area contributed by atoms with Gasteiger partial charge in [-0.15, -0.1) is 0 Å². The highest BCUT2D eigenvalue weighted by Gasteiger charge is 2.40. The Labute approximate surface area is 120 Å². The van der Waals surface area contributed by atoms with E-state index >= 15 is 0 Å². The number of aliphatic hydroxyl groups is 1. The molecule has 0 spiro atoms. The third-order valence-corrected chi connectivity index (χ3v) is 3.99. The van der Waals surface area contributed by atoms with Crippen LogP contribution in [0.3, 0.4) is 0 Å². The first kappa shape index (κ1) is 14.0. The number of nitrogens with two attached hydrogens (primary N) is 1. The quantitative estimate of drug-likeness (QED) is 0.584. The van der Waals surface area contributed by atoms with Crippen LogP contribution in [0.4, 0.5) is 16.0 Å². The zero-order chi connectivity index (χ0) is 15.2. The Morgan fingerprint density at radius 1 is 1.62 bits per heavy atom. The lowest BCUT2D eigenvalue weighted by molar-refractivity contribution is -0.157. The van der Waals surface area contributed by atoms with Gasteiger partial charge in [0.1, 0.15) is 5.82 Å². The summed E-state index contributed by atoms with van der Waals surface area (Å²) < 4.78 is 14.2. The van der Waals surface area contributed by atoms with E-state index in [2.05, 4.69) is 10.3 Å². The molecule has 0 bridgehead atoms. The summed E-state index contributed by atoms with van der Waals surface area (Å²) in [5.74, 6) is -1.23. The van der Waals surface area contributed by atoms with Crippen molar-refractivity contribution in [2.45, 2.75) is 24.5 Å². The van der Waals surface area contributed by atoms with Crippen molar-refractivity contribution in [1.82, 2.24) is 4.98 Å². The maximum atomic E-state index is 14.2. The third kappa shape index (κ3) is 2.40. The van der Waals surface area contributed by atoms with E-state index in [1.807, 2.05) is 0 Å². The second kappa shape index (κ2) is 4.81. The molecule has 3 heterocycles. The first-order chi connectivity index (χ1) is 9.89. The molecule has 1 aromatic rings. The fraction of sp³-hybridized carbons (Fsp3) is 0.538. The van der Waals surface area contributed by atoms with E-state index in [-0.39, 0.29) is 24.8 Å². The van der Waals surface area contributed by atoms with Crippen molar-refractivity contribution in [1.29, 1.82) is 0 Å². The number of β-amino-alcohol motifs (C(OH)–C–C–N with tert-alkyl or cyclic N) is 1. The highest BCUT2D eigenvalue weighted by atomic mass is 19.1. The van der Waals surface area contributed by atoms with Crippen LogP contribution >= 0.6 is 0 Å². The standard InChI is InChI=1S/C13H17FN4O3/c14-9-3-7-4-13(21,12(19)20)6-16-10(7)17-11(9)18-2-1-8(15)5-18/h3,8,21H,1-2,4-6,15H2,(H,16,17)(H,19,20). The lowest BCUT2D eigenvalue weighted by Gasteiger charge is -2.31. The molecule has 3 rings (SSSR count). The predicted octanol–water partition coefficient (Wildman–Crippen LogP) is -0.458. The van der Waals surface area contributed by atoms with Gasteiger partial charge in [-0.05, 0) is 12.5 Å². The van der Waals surface area contributed by atoms with Gasteiger partial charge in [-0.25, -0.2) is 14.2 Å². The number of halogens is 1. The molecule has 21 heavy (non-hydrogen) atoms. The van der Waals surface area contributed by atoms with Crippen LogP contribution in [-0.4, -0.2) is 52.4 Å². The van der Waals surface area contributed by atoms with Crippen molar-refractivity contribution >= 4 is 17.6 Å². The largest absolute Gasteiger partial charge is 0.479 e. The van der Waals surface area contributed by atoms with Gasteiger partial charge in [0.2, 0.25) is 0 Å². The number of nitrogens with zero attached hydrogens (tertiary/aromatic N) is 2. The van der Waals surface area contributed by atoms with Crippen LogP contribution in [0, 0.1) is 5.82 Å². The van der Waals surface area contributed by atoms with E-state index in [0.717, 1.165) is 6.42 Å². The smallest absolute Gasteiger partial charge is 0.337 e. The number of carbonyl (C=O) groups is 1. The monoisotopic (exact) mass is 296 g/mol. The topological polar surface area (TPSA) is 112 Å². The van der Waals surface area contributed by atoms with Gasteiger partial charge in [-0.2, -0.15) is 0 Å². The molecular formula is C13H17FN4O3. The average Bonchev–Trinajstić information content (AvgIpc) is 2.84. The zero-order valence-corrected chi connectivity index (χ0v) is 11.3. The van der Waals surface area contributed by atoms with Gasteiger partial charge >= 0.3 is 5.97 Å². The fourth-order valence-electron chi connectivity index (χ4n) is 2.76. The third-order valence-electron chi connectivity index (χ3n) is 3.99. The zero-order valence-electron chi connectivity index (χ0n) is 11.3. The molecule has 5 N–H and O–H groups in total. The van der Waals surface area contributed by atoms with Gasteiger partial charge in [0.15, 0.2) is 17.2 Å². The number of rotatable bonds is 2. The van der Waals surface area contributed by atoms with Crippen molar-refractivity contribution in [3.8, 4) is 0 Å². The SMILES string of the molecule is NC1CCN(c2nc3c(cc2F)CC(O)(C(=O)O)CN3)C1. The number of pyridine rings is 1. The minimum absolute atomic E-state index is 0.00675. The number of carboxylic acid groups (broad SMARTS) is 1. The summed E-state index contributed by atoms with van der Waals surface area (Å²) in [6.45, 7) is 1.03. The summed E-state index contributed by atoms with van der Waals surface area (Å²) in [6.07, 6.45) is 0.610. The number of carboxylic acids is 1. The Kier molecular flexibility index (Phi) is 3.22. The van der Waals surface area contributed by atoms with E-state index in [1.165, 1.54) is 6.07 Å². The lowest BCUT2D eigenvalue weighted by Crippen LogP contribution is -2.49. The van der Waals surface area contributed by atoms with Crippen molar-refractivity contribution in [2.75, 3.05) is 29.9 Å². The number of aliphatic carboxylic acids is 1. The van der Waals surface area contributed by atoms with Gasteiger partial charge in [0.05, 0.1) is 6.54 Å². The molecule has 114 valence electrons. The van der Waals surface area contributed by atoms with Crippen LogP contribution in [0.5, 0.6) is 0 Å². The minimum atomic E-state index is -1.93. The number of hydrogen-bond donors (Lipinski definition) is 4. The van der Waals surface area contributed by atoms with Crippen molar-refractivity contribution in [3.63, 3.8) is 0 Å². The molecule has 2 aliphatic rings. The van der Waals surface area contributed by atoms with E-state index in [0.29, 0.717) is 24.5 Å². The molecule has 1 saturated heterocycles. The molecular weight excluding hydrogens is 279 g/mol. The van der Waals surface area contributed by atoms with Crippen LogP contribution < -0.4 is 16.0 Å². The molecule has 0 saturated carbocycles. The maximum absolute atomic E-state index is 14.2. The second-order valence-electron chi connectivity index (χ2n) is 5.66. The van der Waals surface area contributed by atoms with Gasteiger partial charge in [-0.3, -0.25) is 0 Å². The molecule has 0 aliphatic carbocycles. The second-order valence-corrected chi connectivity index (χ2v) is 5.66. The first-order valence-corrected chi connectivity index (χ1v) is 6.78. The summed E-state index contributed by atoms with van der Waals surface area (Å²) in [5.41, 5.74) is 4.24. The molecule has 2 unspecified atom stereocenters. The molecule has 0 aromatic carbocycles. The minimum Gasteiger partial charge on any atom is -0.479 e. The highest BCUT2D eigenvalue weighted by Crippen LogP contribution is 2.31. The summed E-state index contributed by atoms with van der Waals surface area (Å²) in [5, 5.41) is 21.8. The number of anilines is 2. The van der Waals surface area contributed by atoms with Crippen LogP contribution in [0.2, 0.25) is 0 Å². The van der Waals surface area contributed by atoms with Gasteiger partial charge in [-0.1, -0.05) is 0 Å². The first-order valence-electron chi connectivity index (χ1n) is 6.78. The van der Waals surface area contributed by atoms with Gasteiger partial charge in [0, 0.05) is 31.1 Å². The fourth-order valence-corrected chi connectivity index (χ4v) is 2.76. The number of fused-ring (bicyclic) bond motifs is 1. The lowest BCUT2D eigenvalue weighted by atomic mass is 9.91. The van der Waals surface area contributed by atoms with E-state index in [4.69, 9.17) is 10.8 Å². The Bertz CT molecular complexity index is 597. The van der Waals surface area contributed by atoms with Crippen molar-refractivity contribution < 1.29 is 19.4 Å². The van der Waals surface area contributed by atoms with Crippen LogP contribution in [0.25, 0.3) is 0 Å². The summed E-state index contributed by atoms with van der Waals surface area (Å²) in [7, 11) is 0. The number of nitrogens with one attached hydrogen (secondary N) is 1. The Morgan fingerprint density at radius 3 is 3.00 bits per heavy atom. The normalized spacial score (nSPS) is 28.1. The van der Waals surface area contributed by atoms with Gasteiger partial charge < -0.3 is 26.2 Å². The van der Waals surface area contributed by atoms with Gasteiger partial charge in [0.25, 0.3) is 0 Å².